The molecule has 2 N–H and O–H groups in total. The van der Waals surface area contributed by atoms with E-state index in [0.717, 1.165) is 69.7 Å². The van der Waals surface area contributed by atoms with Crippen molar-refractivity contribution in [2.45, 2.75) is 25.8 Å². The molecule has 0 radical (unpaired) electrons. The smallest absolute Gasteiger partial charge is 0.191 e. The molecule has 0 spiro atoms. The van der Waals surface area contributed by atoms with E-state index in [0.29, 0.717) is 6.54 Å². The summed E-state index contributed by atoms with van der Waals surface area (Å²) in [5.41, 5.74) is 1.24. The molecule has 3 rings (SSSR count). The third-order valence-corrected chi connectivity index (χ3v) is 5.20. The van der Waals surface area contributed by atoms with Crippen LogP contribution in [0.25, 0.3) is 0 Å². The highest BCUT2D eigenvalue weighted by molar-refractivity contribution is 14.0. The molecule has 0 saturated carbocycles. The van der Waals surface area contributed by atoms with Gasteiger partial charge in [0.25, 0.3) is 0 Å². The van der Waals surface area contributed by atoms with Gasteiger partial charge >= 0.3 is 0 Å². The summed E-state index contributed by atoms with van der Waals surface area (Å²) in [7, 11) is 1.69. The largest absolute Gasteiger partial charge is 0.497 e. The lowest BCUT2D eigenvalue weighted by Gasteiger charge is -2.34. The zero-order chi connectivity index (χ0) is 21.0. The third kappa shape index (κ3) is 8.34. The van der Waals surface area contributed by atoms with E-state index in [2.05, 4.69) is 34.6 Å². The number of aliphatic imine (C=N–C) groups is 1. The monoisotopic (exact) mass is 542 g/mol. The van der Waals surface area contributed by atoms with Gasteiger partial charge in [-0.25, -0.2) is 0 Å². The maximum atomic E-state index is 5.56. The molecule has 172 valence electrons. The zero-order valence-electron chi connectivity index (χ0n) is 18.5. The number of nitrogens with zero attached hydrogens (tertiary/aromatic N) is 2. The Morgan fingerprint density at radius 3 is 2.52 bits per heavy atom. The molecule has 1 atom stereocenters. The predicted molar refractivity (Wildman–Crippen MR) is 135 cm³/mol. The normalized spacial score (nSPS) is 15.7. The van der Waals surface area contributed by atoms with Gasteiger partial charge in [0.2, 0.25) is 0 Å². The number of morpholine rings is 1. The molecule has 1 aliphatic heterocycles. The lowest BCUT2D eigenvalue weighted by atomic mass is 10.0. The van der Waals surface area contributed by atoms with E-state index in [1.807, 2.05) is 24.3 Å². The van der Waals surface area contributed by atoms with Gasteiger partial charge in [0.15, 0.2) is 5.96 Å². The van der Waals surface area contributed by atoms with Crippen LogP contribution >= 0.6 is 24.0 Å². The minimum absolute atomic E-state index is 0. The van der Waals surface area contributed by atoms with Crippen molar-refractivity contribution in [3.05, 3.63) is 54.0 Å². The molecule has 31 heavy (non-hydrogen) atoms. The van der Waals surface area contributed by atoms with Crippen molar-refractivity contribution in [1.29, 1.82) is 0 Å². The Labute approximate surface area is 202 Å². The van der Waals surface area contributed by atoms with Crippen LogP contribution in [-0.4, -0.2) is 63.9 Å². The van der Waals surface area contributed by atoms with Crippen molar-refractivity contribution in [2.24, 2.45) is 4.99 Å². The second kappa shape index (κ2) is 14.3. The summed E-state index contributed by atoms with van der Waals surface area (Å²) in [6.45, 7) is 7.84. The first kappa shape index (κ1) is 25.5. The Kier molecular flexibility index (Phi) is 11.8. The first-order valence-corrected chi connectivity index (χ1v) is 10.8. The molecule has 7 nitrogen and oxygen atoms in total. The molecule has 1 fully saturated rings. The average molecular weight is 542 g/mol. The predicted octanol–water partition coefficient (Wildman–Crippen LogP) is 3.47. The number of rotatable bonds is 10. The van der Waals surface area contributed by atoms with Crippen LogP contribution in [0, 0.1) is 0 Å². The van der Waals surface area contributed by atoms with Gasteiger partial charge in [-0.3, -0.25) is 9.89 Å². The molecule has 1 aliphatic rings. The van der Waals surface area contributed by atoms with Gasteiger partial charge in [0.05, 0.1) is 39.2 Å². The average Bonchev–Trinajstić information content (AvgIpc) is 3.32. The summed E-state index contributed by atoms with van der Waals surface area (Å²) in [5.74, 6) is 2.69. The Hall–Kier alpha value is -1.78. The summed E-state index contributed by atoms with van der Waals surface area (Å²) < 4.78 is 16.3. The highest BCUT2D eigenvalue weighted by Gasteiger charge is 2.22. The Balaban J connectivity index is 0.00000341. The summed E-state index contributed by atoms with van der Waals surface area (Å²) >= 11 is 0. The van der Waals surface area contributed by atoms with Crippen molar-refractivity contribution in [3.8, 4) is 5.75 Å². The number of nitrogens with one attached hydrogen (secondary N) is 2. The van der Waals surface area contributed by atoms with Gasteiger partial charge in [-0.15, -0.1) is 24.0 Å². The van der Waals surface area contributed by atoms with Gasteiger partial charge in [-0.1, -0.05) is 19.1 Å². The highest BCUT2D eigenvalue weighted by atomic mass is 127. The Bertz CT molecular complexity index is 747. The fourth-order valence-electron chi connectivity index (χ4n) is 3.50. The number of furan rings is 1. The molecular weight excluding hydrogens is 507 g/mol. The number of guanidine groups is 1. The maximum absolute atomic E-state index is 5.56. The Morgan fingerprint density at radius 2 is 1.87 bits per heavy atom. The standard InChI is InChI=1S/C23H34N4O3.HI/c1-3-11-24-23(25-12-10-21-5-4-15-30-21)26-18-22(27-13-16-29-17-14-27)19-6-8-20(28-2)9-7-19;/h4-9,15,22H,3,10-14,16-18H2,1-2H3,(H2,24,25,26);1H. The second-order valence-electron chi connectivity index (χ2n) is 7.31. The molecular formula is C23H35IN4O3. The van der Waals surface area contributed by atoms with Gasteiger partial charge in [-0.05, 0) is 36.2 Å². The molecule has 2 heterocycles. The van der Waals surface area contributed by atoms with Gasteiger partial charge < -0.3 is 24.5 Å². The number of methoxy groups -OCH3 is 1. The third-order valence-electron chi connectivity index (χ3n) is 5.20. The SMILES string of the molecule is CCCNC(=NCC(c1ccc(OC)cc1)N1CCOCC1)NCCc1ccco1.I. The van der Waals surface area contributed by atoms with Gasteiger partial charge in [-0.2, -0.15) is 0 Å². The van der Waals surface area contributed by atoms with Crippen molar-refractivity contribution < 1.29 is 13.9 Å². The number of hydrogen-bond donors (Lipinski definition) is 2. The Morgan fingerprint density at radius 1 is 1.13 bits per heavy atom. The minimum Gasteiger partial charge on any atom is -0.497 e. The van der Waals surface area contributed by atoms with Crippen LogP contribution in [0.1, 0.15) is 30.7 Å². The van der Waals surface area contributed by atoms with Gasteiger partial charge in [0, 0.05) is 32.6 Å². The van der Waals surface area contributed by atoms with Gasteiger partial charge in [0.1, 0.15) is 11.5 Å². The number of halogens is 1. The fraction of sp³-hybridized carbons (Fsp3) is 0.522. The molecule has 0 amide bonds. The first-order chi connectivity index (χ1) is 14.8. The highest BCUT2D eigenvalue weighted by Crippen LogP contribution is 2.24. The van der Waals surface area contributed by atoms with Crippen molar-refractivity contribution in [2.75, 3.05) is 53.0 Å². The lowest BCUT2D eigenvalue weighted by Crippen LogP contribution is -2.42. The summed E-state index contributed by atoms with van der Waals surface area (Å²) in [6.07, 6.45) is 3.58. The van der Waals surface area contributed by atoms with E-state index in [4.69, 9.17) is 18.9 Å². The van der Waals surface area contributed by atoms with E-state index in [1.54, 1.807) is 13.4 Å². The fourth-order valence-corrected chi connectivity index (χ4v) is 3.50. The summed E-state index contributed by atoms with van der Waals surface area (Å²) in [6, 6.07) is 12.4. The van der Waals surface area contributed by atoms with E-state index in [9.17, 15) is 0 Å². The number of ether oxygens (including phenoxy) is 2. The van der Waals surface area contributed by atoms with Crippen LogP contribution in [0.5, 0.6) is 5.75 Å². The van der Waals surface area contributed by atoms with Crippen molar-refractivity contribution in [1.82, 2.24) is 15.5 Å². The topological polar surface area (TPSA) is 71.3 Å². The van der Waals surface area contributed by atoms with Crippen molar-refractivity contribution >= 4 is 29.9 Å². The summed E-state index contributed by atoms with van der Waals surface area (Å²) in [4.78, 5) is 7.38. The molecule has 1 unspecified atom stereocenters. The zero-order valence-corrected chi connectivity index (χ0v) is 20.8. The van der Waals surface area contributed by atoms with Crippen LogP contribution in [0.15, 0.2) is 52.1 Å². The molecule has 1 saturated heterocycles. The van der Waals surface area contributed by atoms with E-state index in [-0.39, 0.29) is 30.0 Å². The van der Waals surface area contributed by atoms with E-state index in [1.165, 1.54) is 5.56 Å². The van der Waals surface area contributed by atoms with Crippen molar-refractivity contribution in [3.63, 3.8) is 0 Å². The minimum atomic E-state index is 0. The van der Waals surface area contributed by atoms with Crippen LogP contribution in [0.2, 0.25) is 0 Å². The molecule has 8 heteroatoms. The quantitative estimate of drug-likeness (QED) is 0.272. The van der Waals surface area contributed by atoms with E-state index >= 15 is 0 Å². The molecule has 1 aromatic carbocycles. The molecule has 0 bridgehead atoms. The second-order valence-corrected chi connectivity index (χ2v) is 7.31. The first-order valence-electron chi connectivity index (χ1n) is 10.8. The number of hydrogen-bond acceptors (Lipinski definition) is 5. The molecule has 1 aromatic heterocycles. The van der Waals surface area contributed by atoms with E-state index < -0.39 is 0 Å². The summed E-state index contributed by atoms with van der Waals surface area (Å²) in [5, 5.41) is 6.86. The van der Waals surface area contributed by atoms with Crippen LogP contribution < -0.4 is 15.4 Å². The molecule has 0 aliphatic carbocycles. The number of benzene rings is 1. The van der Waals surface area contributed by atoms with Crippen LogP contribution in [0.3, 0.4) is 0 Å². The maximum Gasteiger partial charge on any atom is 0.191 e. The molecule has 2 aromatic rings. The van der Waals surface area contributed by atoms with Crippen LogP contribution in [-0.2, 0) is 11.2 Å². The van der Waals surface area contributed by atoms with Crippen LogP contribution in [0.4, 0.5) is 0 Å². The lowest BCUT2D eigenvalue weighted by molar-refractivity contribution is 0.0179.